The van der Waals surface area contributed by atoms with Crippen molar-refractivity contribution in [2.45, 2.75) is 33.6 Å². The number of nitrogens with one attached hydrogen (secondary N) is 1. The summed E-state index contributed by atoms with van der Waals surface area (Å²) >= 11 is 0. The fourth-order valence-electron chi connectivity index (χ4n) is 4.73. The Bertz CT molecular complexity index is 1070. The third-order valence-corrected chi connectivity index (χ3v) is 8.38. The van der Waals surface area contributed by atoms with Crippen LogP contribution in [-0.2, 0) is 19.6 Å². The first-order valence-corrected chi connectivity index (χ1v) is 13.2. The fraction of sp³-hybridized carbons (Fsp3) is 0.583. The highest BCUT2D eigenvalue weighted by Crippen LogP contribution is 2.35. The second-order valence-electron chi connectivity index (χ2n) is 9.15. The highest BCUT2D eigenvalue weighted by molar-refractivity contribution is 8.00. The van der Waals surface area contributed by atoms with E-state index in [0.717, 1.165) is 44.0 Å². The summed E-state index contributed by atoms with van der Waals surface area (Å²) in [5.41, 5.74) is 3.55. The van der Waals surface area contributed by atoms with Gasteiger partial charge in [-0.1, -0.05) is 18.2 Å². The molecule has 33 heavy (non-hydrogen) atoms. The number of carbonyl (C=O) groups excluding carboxylic acids is 1. The summed E-state index contributed by atoms with van der Waals surface area (Å²) in [5.74, 6) is 0.564. The molecule has 2 saturated heterocycles. The Balaban J connectivity index is 1.35. The van der Waals surface area contributed by atoms with E-state index in [-0.39, 0.29) is 11.8 Å². The lowest BCUT2D eigenvalue weighted by Crippen LogP contribution is -2.45. The molecular weight excluding hydrogens is 440 g/mol. The normalized spacial score (nSPS) is 21.9. The summed E-state index contributed by atoms with van der Waals surface area (Å²) in [6, 6.07) is 5.71. The first-order chi connectivity index (χ1) is 15.8. The number of nitrogens with zero attached hydrogens (tertiary/aromatic N) is 3. The smallest absolute Gasteiger partial charge is 0.285 e. The third-order valence-electron chi connectivity index (χ3n) is 6.91. The summed E-state index contributed by atoms with van der Waals surface area (Å²) in [4.78, 5) is 17.2. The van der Waals surface area contributed by atoms with Gasteiger partial charge in [0.2, 0.25) is 5.91 Å². The van der Waals surface area contributed by atoms with E-state index in [9.17, 15) is 13.2 Å². The van der Waals surface area contributed by atoms with Gasteiger partial charge < -0.3 is 15.0 Å². The molecule has 0 saturated carbocycles. The number of morpholine rings is 1. The van der Waals surface area contributed by atoms with E-state index in [1.165, 1.54) is 0 Å². The number of hydrogen-bond donors (Lipinski definition) is 1. The second kappa shape index (κ2) is 9.95. The number of aryl methyl sites for hydroxylation is 2. The minimum Gasteiger partial charge on any atom is -0.379 e. The number of amidine groups is 1. The molecule has 9 heteroatoms. The molecule has 3 aliphatic rings. The standard InChI is InChI=1S/C24H34N4O4S/c1-17-4-5-21(16-18(17)2)22-19(3)23(26-33(22,30)31)28-9-6-20(7-10-28)24(29)25-8-11-27-12-14-32-15-13-27/h4-5,16,20H,6-15H2,1-3H3,(H,25,29). The van der Waals surface area contributed by atoms with Crippen LogP contribution in [0.3, 0.4) is 0 Å². The van der Waals surface area contributed by atoms with Crippen molar-refractivity contribution in [3.05, 3.63) is 40.5 Å². The summed E-state index contributed by atoms with van der Waals surface area (Å²) in [5, 5.41) is 3.07. The van der Waals surface area contributed by atoms with Gasteiger partial charge in [0.1, 0.15) is 10.7 Å². The molecule has 1 aromatic rings. The first-order valence-electron chi connectivity index (χ1n) is 11.7. The molecule has 180 valence electrons. The van der Waals surface area contributed by atoms with E-state index in [2.05, 4.69) is 14.6 Å². The predicted molar refractivity (Wildman–Crippen MR) is 129 cm³/mol. The van der Waals surface area contributed by atoms with Gasteiger partial charge in [0.15, 0.2) is 0 Å². The van der Waals surface area contributed by atoms with Crippen molar-refractivity contribution in [3.8, 4) is 0 Å². The number of amides is 1. The van der Waals surface area contributed by atoms with Crippen LogP contribution in [0.2, 0.25) is 0 Å². The largest absolute Gasteiger partial charge is 0.379 e. The molecule has 0 radical (unpaired) electrons. The molecule has 0 unspecified atom stereocenters. The molecule has 0 spiro atoms. The van der Waals surface area contributed by atoms with Crippen LogP contribution in [0.25, 0.3) is 4.91 Å². The maximum Gasteiger partial charge on any atom is 0.285 e. The van der Waals surface area contributed by atoms with Crippen molar-refractivity contribution in [3.63, 3.8) is 0 Å². The van der Waals surface area contributed by atoms with E-state index in [1.807, 2.05) is 43.9 Å². The highest BCUT2D eigenvalue weighted by Gasteiger charge is 2.35. The van der Waals surface area contributed by atoms with E-state index >= 15 is 0 Å². The predicted octanol–water partition coefficient (Wildman–Crippen LogP) is 1.94. The molecule has 3 heterocycles. The molecule has 0 aromatic heterocycles. The van der Waals surface area contributed by atoms with Crippen LogP contribution >= 0.6 is 0 Å². The lowest BCUT2D eigenvalue weighted by molar-refractivity contribution is -0.126. The van der Waals surface area contributed by atoms with Crippen LogP contribution in [0.15, 0.2) is 28.2 Å². The monoisotopic (exact) mass is 474 g/mol. The van der Waals surface area contributed by atoms with Crippen molar-refractivity contribution in [2.75, 3.05) is 52.5 Å². The van der Waals surface area contributed by atoms with Gasteiger partial charge in [0.05, 0.1) is 13.2 Å². The van der Waals surface area contributed by atoms with E-state index in [0.29, 0.717) is 54.4 Å². The van der Waals surface area contributed by atoms with Crippen LogP contribution in [0.1, 0.15) is 36.5 Å². The SMILES string of the molecule is CC1=C(c2ccc(C)c(C)c2)S(=O)(=O)N=C1N1CCC(C(=O)NCCN2CCOCC2)CC1. The van der Waals surface area contributed by atoms with Crippen LogP contribution < -0.4 is 5.32 Å². The molecule has 1 amide bonds. The number of benzene rings is 1. The molecule has 2 fully saturated rings. The Morgan fingerprint density at radius 1 is 1.09 bits per heavy atom. The van der Waals surface area contributed by atoms with Gasteiger partial charge in [-0.2, -0.15) is 8.42 Å². The zero-order valence-corrected chi connectivity index (χ0v) is 20.6. The van der Waals surface area contributed by atoms with Crippen molar-refractivity contribution in [1.82, 2.24) is 15.1 Å². The van der Waals surface area contributed by atoms with E-state index in [1.54, 1.807) is 0 Å². The Hall–Kier alpha value is -2.23. The van der Waals surface area contributed by atoms with Gasteiger partial charge in [0.25, 0.3) is 10.0 Å². The fourth-order valence-corrected chi connectivity index (χ4v) is 6.20. The molecule has 0 atom stereocenters. The Labute approximate surface area is 196 Å². The molecule has 4 rings (SSSR count). The zero-order chi connectivity index (χ0) is 23.6. The lowest BCUT2D eigenvalue weighted by atomic mass is 9.95. The van der Waals surface area contributed by atoms with Gasteiger partial charge >= 0.3 is 0 Å². The summed E-state index contributed by atoms with van der Waals surface area (Å²) in [6.45, 7) is 11.9. The maximum absolute atomic E-state index is 12.9. The van der Waals surface area contributed by atoms with Crippen LogP contribution in [-0.4, -0.2) is 82.4 Å². The third kappa shape index (κ3) is 5.31. The van der Waals surface area contributed by atoms with Gasteiger partial charge in [-0.15, -0.1) is 4.40 Å². The highest BCUT2D eigenvalue weighted by atomic mass is 32.2. The first kappa shape index (κ1) is 23.9. The van der Waals surface area contributed by atoms with E-state index < -0.39 is 10.0 Å². The summed E-state index contributed by atoms with van der Waals surface area (Å²) in [6.07, 6.45) is 1.38. The molecule has 8 nitrogen and oxygen atoms in total. The van der Waals surface area contributed by atoms with Crippen molar-refractivity contribution in [1.29, 1.82) is 0 Å². The Morgan fingerprint density at radius 3 is 2.45 bits per heavy atom. The molecule has 0 bridgehead atoms. The van der Waals surface area contributed by atoms with Gasteiger partial charge in [-0.05, 0) is 50.3 Å². The van der Waals surface area contributed by atoms with Crippen molar-refractivity contribution < 1.29 is 17.9 Å². The van der Waals surface area contributed by atoms with Crippen LogP contribution in [0, 0.1) is 19.8 Å². The van der Waals surface area contributed by atoms with Gasteiger partial charge in [-0.3, -0.25) is 9.69 Å². The Kier molecular flexibility index (Phi) is 7.21. The topological polar surface area (TPSA) is 91.3 Å². The minimum atomic E-state index is -3.74. The van der Waals surface area contributed by atoms with E-state index in [4.69, 9.17) is 4.74 Å². The molecule has 3 aliphatic heterocycles. The molecular formula is C24H34N4O4S. The zero-order valence-electron chi connectivity index (χ0n) is 19.8. The van der Waals surface area contributed by atoms with Gasteiger partial charge in [0, 0.05) is 50.8 Å². The second-order valence-corrected chi connectivity index (χ2v) is 10.7. The summed E-state index contributed by atoms with van der Waals surface area (Å²) < 4.78 is 35.3. The average molecular weight is 475 g/mol. The maximum atomic E-state index is 12.9. The number of ether oxygens (including phenoxy) is 1. The quantitative estimate of drug-likeness (QED) is 0.701. The molecule has 1 aromatic carbocycles. The number of carbonyl (C=O) groups is 1. The van der Waals surface area contributed by atoms with Crippen LogP contribution in [0.4, 0.5) is 0 Å². The van der Waals surface area contributed by atoms with Gasteiger partial charge in [-0.25, -0.2) is 0 Å². The van der Waals surface area contributed by atoms with Crippen LogP contribution in [0.5, 0.6) is 0 Å². The lowest BCUT2D eigenvalue weighted by Gasteiger charge is -2.33. The number of likely N-dealkylation sites (tertiary alicyclic amines) is 1. The number of piperidine rings is 1. The Morgan fingerprint density at radius 2 is 1.79 bits per heavy atom. The number of rotatable bonds is 5. The minimum absolute atomic E-state index is 0.0481. The van der Waals surface area contributed by atoms with Crippen molar-refractivity contribution >= 4 is 26.7 Å². The number of hydrogen-bond acceptors (Lipinski definition) is 6. The molecule has 0 aliphatic carbocycles. The average Bonchev–Trinajstić information content (AvgIpc) is 3.05. The molecule has 1 N–H and O–H groups in total. The summed E-state index contributed by atoms with van der Waals surface area (Å²) in [7, 11) is -3.74. The van der Waals surface area contributed by atoms with Crippen molar-refractivity contribution in [2.24, 2.45) is 10.3 Å². The number of sulfonamides is 1.